The minimum Gasteiger partial charge on any atom is -0.387 e. The van der Waals surface area contributed by atoms with E-state index in [0.717, 1.165) is 18.4 Å². The highest BCUT2D eigenvalue weighted by atomic mass is 79.9. The van der Waals surface area contributed by atoms with Gasteiger partial charge in [-0.2, -0.15) is 0 Å². The third kappa shape index (κ3) is 2.87. The first-order chi connectivity index (χ1) is 8.07. The lowest BCUT2D eigenvalue weighted by Gasteiger charge is -2.28. The largest absolute Gasteiger partial charge is 0.387 e. The molecule has 1 N–H and O–H groups in total. The van der Waals surface area contributed by atoms with Gasteiger partial charge >= 0.3 is 0 Å². The van der Waals surface area contributed by atoms with Crippen molar-refractivity contribution in [2.75, 3.05) is 13.7 Å². The first-order valence-corrected chi connectivity index (χ1v) is 6.50. The van der Waals surface area contributed by atoms with Crippen LogP contribution < -0.4 is 0 Å². The summed E-state index contributed by atoms with van der Waals surface area (Å²) in [6.07, 6.45) is 2.46. The second-order valence-corrected chi connectivity index (χ2v) is 5.49. The van der Waals surface area contributed by atoms with Crippen molar-refractivity contribution in [3.63, 3.8) is 0 Å². The van der Waals surface area contributed by atoms with Gasteiger partial charge in [0.1, 0.15) is 5.82 Å². The second-order valence-electron chi connectivity index (χ2n) is 4.70. The normalized spacial score (nSPS) is 19.1. The van der Waals surface area contributed by atoms with Crippen LogP contribution in [0.4, 0.5) is 4.39 Å². The van der Waals surface area contributed by atoms with Crippen LogP contribution in [0.3, 0.4) is 0 Å². The Morgan fingerprint density at radius 3 is 2.82 bits per heavy atom. The highest BCUT2D eigenvalue weighted by Crippen LogP contribution is 2.42. The molecule has 0 amide bonds. The van der Waals surface area contributed by atoms with Crippen LogP contribution in [0.2, 0.25) is 0 Å². The van der Waals surface area contributed by atoms with Crippen molar-refractivity contribution < 1.29 is 14.2 Å². The van der Waals surface area contributed by atoms with Crippen LogP contribution in [0.25, 0.3) is 0 Å². The molecule has 0 saturated heterocycles. The van der Waals surface area contributed by atoms with E-state index in [4.69, 9.17) is 4.74 Å². The zero-order chi connectivity index (χ0) is 12.5. The minimum absolute atomic E-state index is 0.276. The van der Waals surface area contributed by atoms with Gasteiger partial charge in [0.2, 0.25) is 0 Å². The predicted molar refractivity (Wildman–Crippen MR) is 67.4 cm³/mol. The predicted octanol–water partition coefficient (Wildman–Crippen LogP) is 2.92. The van der Waals surface area contributed by atoms with Gasteiger partial charge in [-0.3, -0.25) is 0 Å². The van der Waals surface area contributed by atoms with Crippen LogP contribution in [-0.4, -0.2) is 24.4 Å². The average molecular weight is 303 g/mol. The molecule has 0 aliphatic heterocycles. The molecule has 1 aliphatic rings. The van der Waals surface area contributed by atoms with Crippen LogP contribution in [0.1, 0.15) is 18.4 Å². The molecule has 0 aromatic heterocycles. The van der Waals surface area contributed by atoms with Crippen molar-refractivity contribution in [2.45, 2.75) is 24.9 Å². The van der Waals surface area contributed by atoms with Gasteiger partial charge in [-0.1, -0.05) is 12.1 Å². The molecule has 0 spiro atoms. The zero-order valence-electron chi connectivity index (χ0n) is 9.75. The lowest BCUT2D eigenvalue weighted by atomic mass is 9.90. The molecule has 1 aromatic carbocycles. The number of hydrogen-bond acceptors (Lipinski definition) is 2. The van der Waals surface area contributed by atoms with Crippen LogP contribution in [0.15, 0.2) is 22.7 Å². The highest BCUT2D eigenvalue weighted by Gasteiger charge is 2.44. The summed E-state index contributed by atoms with van der Waals surface area (Å²) in [7, 11) is 1.58. The number of hydrogen-bond donors (Lipinski definition) is 1. The molecule has 1 unspecified atom stereocenters. The van der Waals surface area contributed by atoms with E-state index in [1.807, 2.05) is 6.07 Å². The number of methoxy groups -OCH3 is 1. The summed E-state index contributed by atoms with van der Waals surface area (Å²) in [6, 6.07) is 4.89. The molecule has 1 atom stereocenters. The number of aliphatic hydroxyl groups is 1. The van der Waals surface area contributed by atoms with Crippen molar-refractivity contribution in [2.24, 2.45) is 5.92 Å². The Hall–Kier alpha value is -0.450. The lowest BCUT2D eigenvalue weighted by Crippen LogP contribution is -2.39. The van der Waals surface area contributed by atoms with Gasteiger partial charge in [0.25, 0.3) is 0 Å². The Kier molecular flexibility index (Phi) is 3.85. The first kappa shape index (κ1) is 13.0. The molecule has 4 heteroatoms. The third-order valence-electron chi connectivity index (χ3n) is 3.26. The van der Waals surface area contributed by atoms with Crippen molar-refractivity contribution in [1.82, 2.24) is 0 Å². The summed E-state index contributed by atoms with van der Waals surface area (Å²) >= 11 is 3.23. The average Bonchev–Trinajstić information content (AvgIpc) is 3.09. The second kappa shape index (κ2) is 5.04. The van der Waals surface area contributed by atoms with Gasteiger partial charge in [0, 0.05) is 13.5 Å². The van der Waals surface area contributed by atoms with Crippen molar-refractivity contribution >= 4 is 15.9 Å². The Morgan fingerprint density at radius 1 is 1.53 bits per heavy atom. The Morgan fingerprint density at radius 2 is 2.24 bits per heavy atom. The fourth-order valence-electron chi connectivity index (χ4n) is 2.20. The molecule has 1 fully saturated rings. The topological polar surface area (TPSA) is 29.5 Å². The summed E-state index contributed by atoms with van der Waals surface area (Å²) in [5, 5.41) is 10.6. The summed E-state index contributed by atoms with van der Waals surface area (Å²) in [5.74, 6) is -0.0179. The molecule has 2 nitrogen and oxygen atoms in total. The SMILES string of the molecule is COCC(O)(Cc1cccc(F)c1Br)C1CC1. The maximum atomic E-state index is 13.4. The van der Waals surface area contributed by atoms with Crippen LogP contribution in [0, 0.1) is 11.7 Å². The van der Waals surface area contributed by atoms with Crippen molar-refractivity contribution in [3.8, 4) is 0 Å². The molecule has 1 aliphatic carbocycles. The van der Waals surface area contributed by atoms with Crippen LogP contribution in [0.5, 0.6) is 0 Å². The number of rotatable bonds is 5. The first-order valence-electron chi connectivity index (χ1n) is 5.71. The van der Waals surface area contributed by atoms with Crippen molar-refractivity contribution in [1.29, 1.82) is 0 Å². The Balaban J connectivity index is 2.20. The summed E-state index contributed by atoms with van der Waals surface area (Å²) in [6.45, 7) is 0.292. The summed E-state index contributed by atoms with van der Waals surface area (Å²) in [4.78, 5) is 0. The van der Waals surface area contributed by atoms with Crippen LogP contribution in [-0.2, 0) is 11.2 Å². The molecule has 0 radical (unpaired) electrons. The number of ether oxygens (including phenoxy) is 1. The lowest BCUT2D eigenvalue weighted by molar-refractivity contribution is -0.0475. The molecule has 1 saturated carbocycles. The van der Waals surface area contributed by atoms with E-state index in [1.165, 1.54) is 6.07 Å². The smallest absolute Gasteiger partial charge is 0.137 e. The van der Waals surface area contributed by atoms with E-state index in [1.54, 1.807) is 13.2 Å². The molecular formula is C13H16BrFO2. The molecule has 2 rings (SSSR count). The van der Waals surface area contributed by atoms with Gasteiger partial charge in [-0.05, 0) is 46.3 Å². The maximum Gasteiger partial charge on any atom is 0.137 e. The van der Waals surface area contributed by atoms with Gasteiger partial charge < -0.3 is 9.84 Å². The molecular weight excluding hydrogens is 287 g/mol. The molecule has 94 valence electrons. The van der Waals surface area contributed by atoms with Gasteiger partial charge in [-0.15, -0.1) is 0 Å². The number of benzene rings is 1. The molecule has 0 bridgehead atoms. The van der Waals surface area contributed by atoms with E-state index in [-0.39, 0.29) is 11.7 Å². The Labute approximate surface area is 109 Å². The Bertz CT molecular complexity index is 406. The fraction of sp³-hybridized carbons (Fsp3) is 0.538. The van der Waals surface area contributed by atoms with Gasteiger partial charge in [-0.25, -0.2) is 4.39 Å². The van der Waals surface area contributed by atoms with E-state index in [2.05, 4.69) is 15.9 Å². The van der Waals surface area contributed by atoms with E-state index in [9.17, 15) is 9.50 Å². The molecule has 17 heavy (non-hydrogen) atoms. The number of halogens is 2. The van der Waals surface area contributed by atoms with E-state index < -0.39 is 5.60 Å². The summed E-state index contributed by atoms with van der Waals surface area (Å²) < 4.78 is 18.9. The maximum absolute atomic E-state index is 13.4. The summed E-state index contributed by atoms with van der Waals surface area (Å²) in [5.41, 5.74) is -0.0816. The van der Waals surface area contributed by atoms with Gasteiger partial charge in [0.15, 0.2) is 0 Å². The highest BCUT2D eigenvalue weighted by molar-refractivity contribution is 9.10. The standard InChI is InChI=1S/C13H16BrFO2/c1-17-8-13(16,10-5-6-10)7-9-3-2-4-11(15)12(9)14/h2-4,10,16H,5-8H2,1H3. The minimum atomic E-state index is -0.870. The van der Waals surface area contributed by atoms with E-state index in [0.29, 0.717) is 17.5 Å². The fourth-order valence-corrected chi connectivity index (χ4v) is 2.60. The monoisotopic (exact) mass is 302 g/mol. The quantitative estimate of drug-likeness (QED) is 0.906. The van der Waals surface area contributed by atoms with E-state index >= 15 is 0 Å². The third-order valence-corrected chi connectivity index (χ3v) is 4.15. The molecule has 1 aromatic rings. The van der Waals surface area contributed by atoms with Crippen molar-refractivity contribution in [3.05, 3.63) is 34.1 Å². The van der Waals surface area contributed by atoms with Crippen LogP contribution >= 0.6 is 15.9 Å². The zero-order valence-corrected chi connectivity index (χ0v) is 11.3. The molecule has 0 heterocycles. The van der Waals surface area contributed by atoms with Gasteiger partial charge in [0.05, 0.1) is 16.7 Å².